The number of aliphatic hydroxyl groups excluding tert-OH is 1. The lowest BCUT2D eigenvalue weighted by atomic mass is 10.00. The topological polar surface area (TPSA) is 93.5 Å². The van der Waals surface area contributed by atoms with E-state index in [-0.39, 0.29) is 5.69 Å². The van der Waals surface area contributed by atoms with E-state index in [1.807, 2.05) is 37.3 Å². The van der Waals surface area contributed by atoms with Crippen LogP contribution in [0.5, 0.6) is 0 Å². The number of benzene rings is 2. The highest BCUT2D eigenvalue weighted by molar-refractivity contribution is 6.15. The van der Waals surface area contributed by atoms with E-state index < -0.39 is 11.2 Å². The van der Waals surface area contributed by atoms with Gasteiger partial charge < -0.3 is 5.11 Å². The first-order chi connectivity index (χ1) is 12.0. The molecule has 1 unspecified atom stereocenters. The second kappa shape index (κ2) is 5.64. The lowest BCUT2D eigenvalue weighted by Crippen LogP contribution is -2.07. The third-order valence-corrected chi connectivity index (χ3v) is 4.09. The number of nitrogens with zero attached hydrogens (tertiary/aromatic N) is 4. The van der Waals surface area contributed by atoms with Crippen molar-refractivity contribution in [2.75, 3.05) is 0 Å². The van der Waals surface area contributed by atoms with Crippen molar-refractivity contribution in [3.8, 4) is 5.69 Å². The van der Waals surface area contributed by atoms with Gasteiger partial charge in [-0.1, -0.05) is 30.3 Å². The van der Waals surface area contributed by atoms with Crippen molar-refractivity contribution >= 4 is 11.4 Å². The molecule has 1 atom stereocenters. The highest BCUT2D eigenvalue weighted by atomic mass is 16.6. The van der Waals surface area contributed by atoms with E-state index in [4.69, 9.17) is 0 Å². The van der Waals surface area contributed by atoms with Crippen LogP contribution in [0.1, 0.15) is 28.9 Å². The van der Waals surface area contributed by atoms with Crippen LogP contribution in [-0.4, -0.2) is 25.3 Å². The largest absolute Gasteiger partial charge is 0.365 e. The van der Waals surface area contributed by atoms with Crippen LogP contribution in [0.15, 0.2) is 59.7 Å². The van der Waals surface area contributed by atoms with Gasteiger partial charge in [-0.3, -0.25) is 14.7 Å². The fourth-order valence-corrected chi connectivity index (χ4v) is 3.00. The maximum absolute atomic E-state index is 11.2. The van der Waals surface area contributed by atoms with E-state index in [1.54, 1.807) is 16.8 Å². The third kappa shape index (κ3) is 2.50. The molecule has 0 bridgehead atoms. The zero-order valence-corrected chi connectivity index (χ0v) is 13.3. The van der Waals surface area contributed by atoms with E-state index in [0.29, 0.717) is 22.8 Å². The quantitative estimate of drug-likeness (QED) is 0.576. The molecule has 0 radical (unpaired) electrons. The lowest BCUT2D eigenvalue weighted by Gasteiger charge is -2.11. The van der Waals surface area contributed by atoms with Crippen LogP contribution in [0.25, 0.3) is 5.69 Å². The first-order valence-electron chi connectivity index (χ1n) is 7.71. The Hall–Kier alpha value is -3.32. The molecule has 7 nitrogen and oxygen atoms in total. The number of nitro benzene ring substituents is 1. The smallest absolute Gasteiger partial charge is 0.270 e. The number of fused-ring (bicyclic) bond motifs is 3. The van der Waals surface area contributed by atoms with Crippen LogP contribution in [0, 0.1) is 17.0 Å². The zero-order valence-electron chi connectivity index (χ0n) is 13.3. The average molecular weight is 334 g/mol. The Labute approximate surface area is 143 Å². The highest BCUT2D eigenvalue weighted by Gasteiger charge is 2.26. The van der Waals surface area contributed by atoms with Gasteiger partial charge in [0.25, 0.3) is 5.69 Å². The van der Waals surface area contributed by atoms with Crippen LogP contribution < -0.4 is 0 Å². The molecule has 7 heteroatoms. The molecular formula is C18H14N4O3. The Morgan fingerprint density at radius 2 is 1.96 bits per heavy atom. The van der Waals surface area contributed by atoms with E-state index in [1.165, 1.54) is 12.1 Å². The van der Waals surface area contributed by atoms with Gasteiger partial charge in [-0.25, -0.2) is 9.98 Å². The van der Waals surface area contributed by atoms with Crippen LogP contribution in [0.4, 0.5) is 5.69 Å². The predicted molar refractivity (Wildman–Crippen MR) is 92.0 cm³/mol. The summed E-state index contributed by atoms with van der Waals surface area (Å²) in [5, 5.41) is 21.8. The SMILES string of the molecule is Cc1cn2c(n1)C(O)N=C(c1ccccc1)c1cc([N+](=O)[O-])ccc1-2. The summed E-state index contributed by atoms with van der Waals surface area (Å²) in [7, 11) is 0. The fourth-order valence-electron chi connectivity index (χ4n) is 3.00. The van der Waals surface area contributed by atoms with Gasteiger partial charge in [0.1, 0.15) is 0 Å². The van der Waals surface area contributed by atoms with Crippen molar-refractivity contribution in [3.63, 3.8) is 0 Å². The molecule has 1 aliphatic rings. The van der Waals surface area contributed by atoms with Crippen LogP contribution >= 0.6 is 0 Å². The summed E-state index contributed by atoms with van der Waals surface area (Å²) in [6.45, 7) is 1.82. The molecule has 0 saturated carbocycles. The number of aromatic nitrogens is 2. The molecule has 0 spiro atoms. The summed E-state index contributed by atoms with van der Waals surface area (Å²) in [6, 6.07) is 13.9. The number of rotatable bonds is 2. The maximum Gasteiger partial charge on any atom is 0.270 e. The number of aryl methyl sites for hydroxylation is 1. The molecule has 0 aliphatic carbocycles. The molecular weight excluding hydrogens is 320 g/mol. The number of nitro groups is 1. The Bertz CT molecular complexity index is 1010. The third-order valence-electron chi connectivity index (χ3n) is 4.09. The standard InChI is InChI=1S/C18H14N4O3/c1-11-10-21-15-8-7-13(22(24)25)9-14(15)16(12-5-3-2-4-6-12)20-18(23)17(21)19-11/h2-10,18,23H,1H3. The highest BCUT2D eigenvalue weighted by Crippen LogP contribution is 2.31. The summed E-state index contributed by atoms with van der Waals surface area (Å²) in [6.07, 6.45) is 0.627. The molecule has 0 saturated heterocycles. The lowest BCUT2D eigenvalue weighted by molar-refractivity contribution is -0.384. The maximum atomic E-state index is 11.2. The van der Waals surface area contributed by atoms with E-state index in [0.717, 1.165) is 11.3 Å². The van der Waals surface area contributed by atoms with Crippen molar-refractivity contribution < 1.29 is 10.0 Å². The first-order valence-corrected chi connectivity index (χ1v) is 7.71. The molecule has 124 valence electrons. The zero-order chi connectivity index (χ0) is 17.6. The normalized spacial score (nSPS) is 15.8. The molecule has 3 aromatic rings. The number of hydrogen-bond donors (Lipinski definition) is 1. The minimum absolute atomic E-state index is 0.0304. The molecule has 2 aromatic carbocycles. The van der Waals surface area contributed by atoms with Gasteiger partial charge in [0, 0.05) is 29.5 Å². The van der Waals surface area contributed by atoms with Gasteiger partial charge in [-0.15, -0.1) is 0 Å². The average Bonchev–Trinajstić information content (AvgIpc) is 2.97. The van der Waals surface area contributed by atoms with Crippen LogP contribution in [0.2, 0.25) is 0 Å². The van der Waals surface area contributed by atoms with Gasteiger partial charge in [0.05, 0.1) is 22.0 Å². The summed E-state index contributed by atoms with van der Waals surface area (Å²) in [4.78, 5) is 19.5. The Balaban J connectivity index is 2.04. The molecule has 0 amide bonds. The van der Waals surface area contributed by atoms with Crippen LogP contribution in [-0.2, 0) is 0 Å². The molecule has 2 heterocycles. The van der Waals surface area contributed by atoms with Crippen LogP contribution in [0.3, 0.4) is 0 Å². The number of aliphatic imine (C=N–C) groups is 1. The minimum Gasteiger partial charge on any atom is -0.365 e. The van der Waals surface area contributed by atoms with Gasteiger partial charge in [0.15, 0.2) is 5.82 Å². The molecule has 25 heavy (non-hydrogen) atoms. The van der Waals surface area contributed by atoms with E-state index >= 15 is 0 Å². The van der Waals surface area contributed by atoms with Crippen molar-refractivity contribution in [2.45, 2.75) is 13.2 Å². The number of imidazole rings is 1. The molecule has 1 N–H and O–H groups in total. The second-order valence-corrected chi connectivity index (χ2v) is 5.79. The fraction of sp³-hybridized carbons (Fsp3) is 0.111. The molecule has 4 rings (SSSR count). The van der Waals surface area contributed by atoms with Gasteiger partial charge in [0.2, 0.25) is 6.23 Å². The number of aliphatic hydroxyl groups is 1. The number of hydrogen-bond acceptors (Lipinski definition) is 5. The van der Waals surface area contributed by atoms with Crippen molar-refractivity contribution in [3.05, 3.63) is 87.5 Å². The summed E-state index contributed by atoms with van der Waals surface area (Å²) < 4.78 is 1.73. The molecule has 1 aromatic heterocycles. The van der Waals surface area contributed by atoms with Crippen molar-refractivity contribution in [1.82, 2.24) is 9.55 Å². The molecule has 0 fully saturated rings. The second-order valence-electron chi connectivity index (χ2n) is 5.79. The van der Waals surface area contributed by atoms with Gasteiger partial charge >= 0.3 is 0 Å². The summed E-state index contributed by atoms with van der Waals surface area (Å²) >= 11 is 0. The van der Waals surface area contributed by atoms with E-state index in [2.05, 4.69) is 9.98 Å². The summed E-state index contributed by atoms with van der Waals surface area (Å²) in [5.74, 6) is 0.388. The van der Waals surface area contributed by atoms with Gasteiger partial charge in [-0.05, 0) is 13.0 Å². The Kier molecular flexibility index (Phi) is 3.43. The predicted octanol–water partition coefficient (Wildman–Crippen LogP) is 2.93. The van der Waals surface area contributed by atoms with Crippen molar-refractivity contribution in [1.29, 1.82) is 0 Å². The monoisotopic (exact) mass is 334 g/mol. The minimum atomic E-state index is -1.16. The Morgan fingerprint density at radius 1 is 1.20 bits per heavy atom. The Morgan fingerprint density at radius 3 is 2.68 bits per heavy atom. The van der Waals surface area contributed by atoms with Crippen molar-refractivity contribution in [2.24, 2.45) is 4.99 Å². The summed E-state index contributed by atoms with van der Waals surface area (Å²) in [5.41, 5.74) is 3.24. The van der Waals surface area contributed by atoms with E-state index in [9.17, 15) is 15.2 Å². The molecule has 1 aliphatic heterocycles. The first kappa shape index (κ1) is 15.2. The number of non-ortho nitro benzene ring substituents is 1. The van der Waals surface area contributed by atoms with Gasteiger partial charge in [-0.2, -0.15) is 0 Å².